The zero-order chi connectivity index (χ0) is 44.4. The minimum absolute atomic E-state index is 0.0395. The summed E-state index contributed by atoms with van der Waals surface area (Å²) in [4.78, 5) is 52.0. The lowest BCUT2D eigenvalue weighted by Gasteiger charge is -2.37. The van der Waals surface area contributed by atoms with Crippen LogP contribution in [0.25, 0.3) is 0 Å². The minimum atomic E-state index is -1.06. The fourth-order valence-corrected chi connectivity index (χ4v) is 7.93. The number of carbonyl (C=O) groups is 3. The number of nitrogens with one attached hydrogen (secondary N) is 1. The topological polar surface area (TPSA) is 152 Å². The van der Waals surface area contributed by atoms with E-state index in [-0.39, 0.29) is 31.7 Å². The van der Waals surface area contributed by atoms with Crippen molar-refractivity contribution in [1.82, 2.24) is 20.2 Å². The van der Waals surface area contributed by atoms with Gasteiger partial charge in [0.15, 0.2) is 29.2 Å². The monoisotopic (exact) mass is 890 g/mol. The highest BCUT2D eigenvalue weighted by atomic mass is 35.5. The Labute approximate surface area is 374 Å². The summed E-state index contributed by atoms with van der Waals surface area (Å²) in [6, 6.07) is 23.6. The maximum Gasteiger partial charge on any atom is 0.328 e. The van der Waals surface area contributed by atoms with Crippen molar-refractivity contribution >= 4 is 41.0 Å². The summed E-state index contributed by atoms with van der Waals surface area (Å²) < 4.78 is 35.7. The van der Waals surface area contributed by atoms with Crippen molar-refractivity contribution < 1.29 is 42.5 Å². The minimum Gasteiger partial charge on any atom is -0.489 e. The van der Waals surface area contributed by atoms with E-state index in [0.29, 0.717) is 57.1 Å². The highest BCUT2D eigenvalue weighted by molar-refractivity contribution is 6.42. The summed E-state index contributed by atoms with van der Waals surface area (Å²) in [5, 5.41) is 3.81. The van der Waals surface area contributed by atoms with E-state index < -0.39 is 36.0 Å². The molecule has 2 amide bonds. The third-order valence-corrected chi connectivity index (χ3v) is 11.9. The van der Waals surface area contributed by atoms with E-state index in [0.717, 1.165) is 39.1 Å². The Morgan fingerprint density at radius 1 is 0.889 bits per heavy atom. The van der Waals surface area contributed by atoms with Crippen LogP contribution in [0.4, 0.5) is 0 Å². The average molecular weight is 892 g/mol. The number of fused-ring (bicyclic) bond motifs is 2. The Balaban J connectivity index is 1.00. The third kappa shape index (κ3) is 9.59. The molecule has 4 aromatic carbocycles. The van der Waals surface area contributed by atoms with Gasteiger partial charge in [-0.25, -0.2) is 9.78 Å². The van der Waals surface area contributed by atoms with Gasteiger partial charge in [0.25, 0.3) is 5.91 Å². The van der Waals surface area contributed by atoms with E-state index in [4.69, 9.17) is 51.3 Å². The van der Waals surface area contributed by atoms with E-state index in [1.54, 1.807) is 50.4 Å². The number of nitrogens with zero attached hydrogens (tertiary/aromatic N) is 3. The molecule has 0 aliphatic carbocycles. The number of carbonyl (C=O) groups excluding carboxylic acids is 3. The number of rotatable bonds is 12. The molecule has 0 spiro atoms. The first kappa shape index (κ1) is 43.1. The maximum absolute atomic E-state index is 14.4. The second kappa shape index (κ2) is 18.4. The largest absolute Gasteiger partial charge is 0.489 e. The first-order valence-electron chi connectivity index (χ1n) is 20.3. The first-order valence-corrected chi connectivity index (χ1v) is 21.0. The normalized spacial score (nSPS) is 15.8. The smallest absolute Gasteiger partial charge is 0.328 e. The molecule has 2 aliphatic rings. The molecule has 1 N–H and O–H groups in total. The molecule has 63 heavy (non-hydrogen) atoms. The third-order valence-electron chi connectivity index (χ3n) is 11.1. The van der Waals surface area contributed by atoms with Gasteiger partial charge in [-0.1, -0.05) is 53.5 Å². The van der Waals surface area contributed by atoms with Crippen LogP contribution in [0.3, 0.4) is 0 Å². The van der Waals surface area contributed by atoms with Gasteiger partial charge in [-0.15, -0.1) is 0 Å². The van der Waals surface area contributed by atoms with Gasteiger partial charge in [0, 0.05) is 43.8 Å². The SMILES string of the molecule is COC(=O)C(Cc1ccc(Oc2ccnc(C)c2C)cc1)NC(=O)[C@@H]1Cc2cc3c(cc2CN1C(=O)c1nc(C)oc1C)O[C@@H](c1cccc(OCc2ccc(Cl)c(Cl)c2)c1)CO3. The zero-order valence-corrected chi connectivity index (χ0v) is 36.7. The molecule has 0 fully saturated rings. The number of oxazole rings is 1. The molecule has 1 unspecified atom stereocenters. The van der Waals surface area contributed by atoms with Crippen molar-refractivity contribution in [3.8, 4) is 28.7 Å². The van der Waals surface area contributed by atoms with Gasteiger partial charge >= 0.3 is 5.97 Å². The van der Waals surface area contributed by atoms with Crippen LogP contribution >= 0.6 is 23.2 Å². The Bertz CT molecular complexity index is 2700. The molecule has 0 saturated heterocycles. The van der Waals surface area contributed by atoms with Gasteiger partial charge in [0.1, 0.15) is 48.3 Å². The van der Waals surface area contributed by atoms with Crippen molar-refractivity contribution in [3.05, 3.63) is 158 Å². The van der Waals surface area contributed by atoms with Gasteiger partial charge in [-0.05, 0) is 103 Å². The summed E-state index contributed by atoms with van der Waals surface area (Å²) in [6.45, 7) is 7.71. The molecule has 0 radical (unpaired) electrons. The van der Waals surface area contributed by atoms with Crippen molar-refractivity contribution in [2.75, 3.05) is 13.7 Å². The quantitative estimate of drug-likeness (QED) is 0.117. The fraction of sp³-hybridized carbons (Fsp3) is 0.271. The molecule has 6 aromatic rings. The molecule has 0 saturated carbocycles. The van der Waals surface area contributed by atoms with E-state index >= 15 is 0 Å². The van der Waals surface area contributed by atoms with Crippen LogP contribution in [0.5, 0.6) is 28.7 Å². The summed E-state index contributed by atoms with van der Waals surface area (Å²) in [7, 11) is 1.26. The zero-order valence-electron chi connectivity index (χ0n) is 35.2. The molecule has 15 heteroatoms. The number of pyridine rings is 1. The Hall–Kier alpha value is -6.57. The number of hydrogen-bond acceptors (Lipinski definition) is 11. The highest BCUT2D eigenvalue weighted by Gasteiger charge is 2.39. The number of ether oxygens (including phenoxy) is 5. The number of halogens is 2. The lowest BCUT2D eigenvalue weighted by Crippen LogP contribution is -2.56. The highest BCUT2D eigenvalue weighted by Crippen LogP contribution is 2.41. The van der Waals surface area contributed by atoms with E-state index in [1.807, 2.05) is 68.4 Å². The maximum atomic E-state index is 14.4. The van der Waals surface area contributed by atoms with E-state index in [2.05, 4.69) is 15.3 Å². The van der Waals surface area contributed by atoms with Crippen LogP contribution in [-0.2, 0) is 40.3 Å². The standard InChI is InChI=1S/C48H44Cl2N4O9/c1-26-27(2)51-16-15-41(26)62-35-12-9-30(10-13-35)18-39(48(57)58-5)53-46(55)40-20-33-21-42-43(22-34(33)23-54(40)47(56)45-28(3)61-29(4)52-45)63-44(25-60-42)32-7-6-8-36(19-32)59-24-31-11-14-37(49)38(50)17-31/h6-17,19,21-22,39-40,44H,18,20,23-25H2,1-5H3,(H,53,55)/t39?,40-,44+/m0/s1. The van der Waals surface area contributed by atoms with Crippen LogP contribution in [0.2, 0.25) is 10.0 Å². The lowest BCUT2D eigenvalue weighted by atomic mass is 9.91. The Kier molecular flexibility index (Phi) is 12.6. The van der Waals surface area contributed by atoms with Gasteiger partial charge < -0.3 is 38.3 Å². The molecule has 0 bridgehead atoms. The predicted octanol–water partition coefficient (Wildman–Crippen LogP) is 8.96. The van der Waals surface area contributed by atoms with Crippen LogP contribution < -0.4 is 24.3 Å². The summed E-state index contributed by atoms with van der Waals surface area (Å²) >= 11 is 12.3. The fourth-order valence-electron chi connectivity index (χ4n) is 7.61. The van der Waals surface area contributed by atoms with Crippen LogP contribution in [0, 0.1) is 27.7 Å². The first-order chi connectivity index (χ1) is 30.3. The Morgan fingerprint density at radius 2 is 1.67 bits per heavy atom. The van der Waals surface area contributed by atoms with Crippen molar-refractivity contribution in [1.29, 1.82) is 0 Å². The molecular formula is C48H44Cl2N4O9. The molecule has 324 valence electrons. The average Bonchev–Trinajstić information content (AvgIpc) is 3.63. The van der Waals surface area contributed by atoms with E-state index in [1.165, 1.54) is 12.0 Å². The molecule has 2 aliphatic heterocycles. The van der Waals surface area contributed by atoms with Crippen molar-refractivity contribution in [2.45, 2.75) is 71.9 Å². The van der Waals surface area contributed by atoms with Gasteiger partial charge in [0.05, 0.1) is 17.2 Å². The summed E-state index contributed by atoms with van der Waals surface area (Å²) in [6.07, 6.45) is 1.47. The second-order valence-electron chi connectivity index (χ2n) is 15.4. The molecule has 2 aromatic heterocycles. The second-order valence-corrected chi connectivity index (χ2v) is 16.3. The van der Waals surface area contributed by atoms with Gasteiger partial charge in [-0.3, -0.25) is 14.6 Å². The lowest BCUT2D eigenvalue weighted by molar-refractivity contribution is -0.145. The van der Waals surface area contributed by atoms with Crippen molar-refractivity contribution in [2.24, 2.45) is 0 Å². The molecule has 4 heterocycles. The number of aryl methyl sites for hydroxylation is 3. The number of amides is 2. The molecular weight excluding hydrogens is 847 g/mol. The number of hydrogen-bond donors (Lipinski definition) is 1. The van der Waals surface area contributed by atoms with Crippen LogP contribution in [-0.4, -0.2) is 58.5 Å². The molecule has 8 rings (SSSR count). The Morgan fingerprint density at radius 3 is 2.41 bits per heavy atom. The number of esters is 1. The molecule has 13 nitrogen and oxygen atoms in total. The molecule has 3 atom stereocenters. The number of aromatic nitrogens is 2. The van der Waals surface area contributed by atoms with Gasteiger partial charge in [-0.2, -0.15) is 0 Å². The summed E-state index contributed by atoms with van der Waals surface area (Å²) in [5.41, 5.74) is 5.90. The van der Waals surface area contributed by atoms with Crippen LogP contribution in [0.15, 0.2) is 95.5 Å². The predicted molar refractivity (Wildman–Crippen MR) is 234 cm³/mol. The van der Waals surface area contributed by atoms with E-state index in [9.17, 15) is 14.4 Å². The van der Waals surface area contributed by atoms with Gasteiger partial charge in [0.2, 0.25) is 5.91 Å². The van der Waals surface area contributed by atoms with Crippen LogP contribution in [0.1, 0.15) is 67.3 Å². The summed E-state index contributed by atoms with van der Waals surface area (Å²) in [5.74, 6) is 1.89. The number of benzene rings is 4. The number of methoxy groups -OCH3 is 1. The van der Waals surface area contributed by atoms with Crippen molar-refractivity contribution in [3.63, 3.8) is 0 Å².